The molecule has 0 N–H and O–H groups in total. The van der Waals surface area contributed by atoms with Crippen LogP contribution in [0.5, 0.6) is 0 Å². The molecule has 0 spiro atoms. The van der Waals surface area contributed by atoms with Crippen LogP contribution in [-0.4, -0.2) is 52.3 Å². The molecule has 5 nitrogen and oxygen atoms in total. The topological polar surface area (TPSA) is 47.4 Å². The summed E-state index contributed by atoms with van der Waals surface area (Å²) >= 11 is 0. The van der Waals surface area contributed by atoms with Gasteiger partial charge in [0, 0.05) is 24.8 Å². The van der Waals surface area contributed by atoms with Crippen LogP contribution in [0.2, 0.25) is 0 Å². The first-order valence-electron chi connectivity index (χ1n) is 7.59. The molecule has 1 aromatic heterocycles. The Morgan fingerprint density at radius 1 is 1.55 bits per heavy atom. The van der Waals surface area contributed by atoms with Crippen LogP contribution in [-0.2, 0) is 22.5 Å². The van der Waals surface area contributed by atoms with E-state index in [1.165, 1.54) is 12.8 Å². The number of hydrogen-bond acceptors (Lipinski definition) is 4. The van der Waals surface area contributed by atoms with Crippen molar-refractivity contribution in [3.8, 4) is 0 Å². The van der Waals surface area contributed by atoms with Crippen molar-refractivity contribution in [1.82, 2.24) is 14.7 Å². The number of fused-ring (bicyclic) bond motifs is 1. The predicted octanol–water partition coefficient (Wildman–Crippen LogP) is 1.19. The Kier molecular flexibility index (Phi) is 3.89. The Labute approximate surface area is 119 Å². The van der Waals surface area contributed by atoms with Gasteiger partial charge in [0.15, 0.2) is 5.78 Å². The normalized spacial score (nSPS) is 26.7. The third-order valence-electron chi connectivity index (χ3n) is 4.39. The van der Waals surface area contributed by atoms with Crippen molar-refractivity contribution < 1.29 is 9.53 Å². The first kappa shape index (κ1) is 13.8. The van der Waals surface area contributed by atoms with Crippen LogP contribution in [0.4, 0.5) is 0 Å². The van der Waals surface area contributed by atoms with Gasteiger partial charge in [-0.1, -0.05) is 0 Å². The average Bonchev–Trinajstić information content (AvgIpc) is 3.03. The van der Waals surface area contributed by atoms with E-state index in [0.29, 0.717) is 19.1 Å². The number of nitrogens with zero attached hydrogens (tertiary/aromatic N) is 3. The van der Waals surface area contributed by atoms with Gasteiger partial charge in [0.1, 0.15) is 6.10 Å². The van der Waals surface area contributed by atoms with Gasteiger partial charge >= 0.3 is 0 Å². The molecule has 0 radical (unpaired) electrons. The minimum atomic E-state index is -0.259. The lowest BCUT2D eigenvalue weighted by Crippen LogP contribution is -2.49. The second-order valence-electron chi connectivity index (χ2n) is 5.85. The van der Waals surface area contributed by atoms with Gasteiger partial charge in [0.2, 0.25) is 0 Å². The summed E-state index contributed by atoms with van der Waals surface area (Å²) < 4.78 is 7.70. The largest absolute Gasteiger partial charge is 0.367 e. The smallest absolute Gasteiger partial charge is 0.168 e. The van der Waals surface area contributed by atoms with Crippen molar-refractivity contribution in [3.05, 3.63) is 17.5 Å². The second-order valence-corrected chi connectivity index (χ2v) is 5.85. The van der Waals surface area contributed by atoms with Crippen molar-refractivity contribution in [2.45, 2.75) is 51.8 Å². The molecule has 5 heteroatoms. The Hall–Kier alpha value is -1.20. The summed E-state index contributed by atoms with van der Waals surface area (Å²) in [5.41, 5.74) is 1.97. The number of aryl methyl sites for hydroxylation is 2. The number of morpholine rings is 1. The third-order valence-corrected chi connectivity index (χ3v) is 4.39. The summed E-state index contributed by atoms with van der Waals surface area (Å²) in [6.45, 7) is 7.41. The second kappa shape index (κ2) is 5.66. The van der Waals surface area contributed by atoms with E-state index in [9.17, 15) is 4.79 Å². The monoisotopic (exact) mass is 277 g/mol. The van der Waals surface area contributed by atoms with Gasteiger partial charge < -0.3 is 4.74 Å². The zero-order chi connectivity index (χ0) is 14.1. The lowest BCUT2D eigenvalue weighted by atomic mass is 10.1. The Morgan fingerprint density at radius 2 is 2.40 bits per heavy atom. The van der Waals surface area contributed by atoms with Gasteiger partial charge in [0.25, 0.3) is 0 Å². The van der Waals surface area contributed by atoms with Crippen LogP contribution in [0.3, 0.4) is 0 Å². The van der Waals surface area contributed by atoms with Crippen LogP contribution >= 0.6 is 0 Å². The molecule has 2 aliphatic rings. The van der Waals surface area contributed by atoms with Gasteiger partial charge in [0.05, 0.1) is 18.7 Å². The fourth-order valence-corrected chi connectivity index (χ4v) is 3.32. The summed E-state index contributed by atoms with van der Waals surface area (Å²) in [6, 6.07) is 2.55. The SMILES string of the molecule is CCn1nc(C)cc1CC(=O)C1CN2CCCC2CO1. The fourth-order valence-electron chi connectivity index (χ4n) is 3.32. The van der Waals surface area contributed by atoms with Crippen molar-refractivity contribution >= 4 is 5.78 Å². The molecular weight excluding hydrogens is 254 g/mol. The van der Waals surface area contributed by atoms with Crippen LogP contribution in [0.1, 0.15) is 31.2 Å². The highest BCUT2D eigenvalue weighted by Gasteiger charge is 2.35. The van der Waals surface area contributed by atoms with Gasteiger partial charge in [-0.25, -0.2) is 0 Å². The molecule has 3 rings (SSSR count). The van der Waals surface area contributed by atoms with Crippen LogP contribution in [0, 0.1) is 6.92 Å². The number of aromatic nitrogens is 2. The average molecular weight is 277 g/mol. The lowest BCUT2D eigenvalue weighted by molar-refractivity contribution is -0.137. The molecule has 0 amide bonds. The minimum absolute atomic E-state index is 0.185. The molecule has 1 aromatic rings. The summed E-state index contributed by atoms with van der Waals surface area (Å²) in [7, 11) is 0. The van der Waals surface area contributed by atoms with Crippen LogP contribution in [0.15, 0.2) is 6.07 Å². The van der Waals surface area contributed by atoms with Crippen molar-refractivity contribution in [2.75, 3.05) is 19.7 Å². The van der Waals surface area contributed by atoms with Gasteiger partial charge in [-0.2, -0.15) is 5.10 Å². The number of rotatable bonds is 4. The van der Waals surface area contributed by atoms with Gasteiger partial charge in [-0.15, -0.1) is 0 Å². The van der Waals surface area contributed by atoms with E-state index in [-0.39, 0.29) is 11.9 Å². The quantitative estimate of drug-likeness (QED) is 0.829. The molecule has 2 fully saturated rings. The highest BCUT2D eigenvalue weighted by atomic mass is 16.5. The third kappa shape index (κ3) is 2.65. The van der Waals surface area contributed by atoms with Gasteiger partial charge in [-0.05, 0) is 39.3 Å². The number of carbonyl (C=O) groups is 1. The number of ketones is 1. The summed E-state index contributed by atoms with van der Waals surface area (Å²) in [6.07, 6.45) is 2.61. The van der Waals surface area contributed by atoms with E-state index in [1.54, 1.807) is 0 Å². The highest BCUT2D eigenvalue weighted by Crippen LogP contribution is 2.23. The molecule has 20 heavy (non-hydrogen) atoms. The van der Waals surface area contributed by atoms with Crippen LogP contribution in [0.25, 0.3) is 0 Å². The van der Waals surface area contributed by atoms with E-state index in [1.807, 2.05) is 24.6 Å². The maximum Gasteiger partial charge on any atom is 0.168 e. The van der Waals surface area contributed by atoms with Crippen molar-refractivity contribution in [3.63, 3.8) is 0 Å². The van der Waals surface area contributed by atoms with E-state index < -0.39 is 0 Å². The Bertz CT molecular complexity index is 497. The zero-order valence-electron chi connectivity index (χ0n) is 12.3. The molecule has 2 saturated heterocycles. The maximum absolute atomic E-state index is 12.4. The highest BCUT2D eigenvalue weighted by molar-refractivity contribution is 5.85. The Morgan fingerprint density at radius 3 is 3.20 bits per heavy atom. The molecule has 0 aromatic carbocycles. The van der Waals surface area contributed by atoms with E-state index in [4.69, 9.17) is 4.74 Å². The first-order valence-corrected chi connectivity index (χ1v) is 7.59. The van der Waals surface area contributed by atoms with Crippen molar-refractivity contribution in [2.24, 2.45) is 0 Å². The molecule has 0 saturated carbocycles. The predicted molar refractivity (Wildman–Crippen MR) is 75.7 cm³/mol. The molecule has 2 unspecified atom stereocenters. The molecular formula is C15H23N3O2. The van der Waals surface area contributed by atoms with Gasteiger partial charge in [-0.3, -0.25) is 14.4 Å². The lowest BCUT2D eigenvalue weighted by Gasteiger charge is -2.34. The van der Waals surface area contributed by atoms with E-state index in [2.05, 4.69) is 10.00 Å². The van der Waals surface area contributed by atoms with Crippen LogP contribution < -0.4 is 0 Å². The minimum Gasteiger partial charge on any atom is -0.367 e. The Balaban J connectivity index is 1.64. The molecule has 2 atom stereocenters. The summed E-state index contributed by atoms with van der Waals surface area (Å²) in [4.78, 5) is 14.9. The molecule has 2 aliphatic heterocycles. The van der Waals surface area contributed by atoms with E-state index in [0.717, 1.165) is 31.0 Å². The number of hydrogen-bond donors (Lipinski definition) is 0. The number of ether oxygens (including phenoxy) is 1. The maximum atomic E-state index is 12.4. The van der Waals surface area contributed by atoms with Crippen molar-refractivity contribution in [1.29, 1.82) is 0 Å². The first-order chi connectivity index (χ1) is 9.67. The summed E-state index contributed by atoms with van der Waals surface area (Å²) in [5.74, 6) is 0.185. The standard InChI is InChI=1S/C15H23N3O2/c1-3-18-13(7-11(2)16-18)8-14(19)15-9-17-6-4-5-12(17)10-20-15/h7,12,15H,3-6,8-10H2,1-2H3. The molecule has 3 heterocycles. The molecule has 110 valence electrons. The number of Topliss-reactive ketones (excluding diaryl/α,β-unsaturated/α-hetero) is 1. The molecule has 0 aliphatic carbocycles. The fraction of sp³-hybridized carbons (Fsp3) is 0.733. The number of carbonyl (C=O) groups excluding carboxylic acids is 1. The summed E-state index contributed by atoms with van der Waals surface area (Å²) in [5, 5.41) is 4.39. The molecule has 0 bridgehead atoms. The van der Waals surface area contributed by atoms with E-state index >= 15 is 0 Å². The zero-order valence-corrected chi connectivity index (χ0v) is 12.3.